The zero-order chi connectivity index (χ0) is 9.68. The predicted octanol–water partition coefficient (Wildman–Crippen LogP) is 0.742. The van der Waals surface area contributed by atoms with Crippen LogP contribution in [0.1, 0.15) is 19.8 Å². The lowest BCUT2D eigenvalue weighted by molar-refractivity contribution is -0.131. The lowest BCUT2D eigenvalue weighted by atomic mass is 9.89. The number of ether oxygens (including phenoxy) is 1. The van der Waals surface area contributed by atoms with E-state index in [2.05, 4.69) is 5.32 Å². The highest BCUT2D eigenvalue weighted by Gasteiger charge is 2.28. The van der Waals surface area contributed by atoms with Crippen molar-refractivity contribution < 1.29 is 14.6 Å². The number of carboxylic acid groups (broad SMARTS) is 1. The molecule has 1 rings (SSSR count). The summed E-state index contributed by atoms with van der Waals surface area (Å²) in [5, 5.41) is 11.3. The van der Waals surface area contributed by atoms with E-state index < -0.39 is 5.97 Å². The van der Waals surface area contributed by atoms with Gasteiger partial charge in [-0.25, -0.2) is 4.79 Å². The fourth-order valence-corrected chi connectivity index (χ4v) is 1.33. The van der Waals surface area contributed by atoms with Crippen molar-refractivity contribution in [3.8, 4) is 0 Å². The molecule has 0 unspecified atom stereocenters. The van der Waals surface area contributed by atoms with Gasteiger partial charge in [0.1, 0.15) is 0 Å². The van der Waals surface area contributed by atoms with Crippen LogP contribution in [0.3, 0.4) is 0 Å². The zero-order valence-corrected chi connectivity index (χ0v) is 7.69. The Morgan fingerprint density at radius 3 is 2.92 bits per heavy atom. The maximum atomic E-state index is 10.1. The summed E-state index contributed by atoms with van der Waals surface area (Å²) in [6, 6.07) is 0.382. The number of hydrogen-bond donors (Lipinski definition) is 2. The van der Waals surface area contributed by atoms with E-state index in [1.807, 2.05) is 6.92 Å². The molecule has 4 heteroatoms. The number of rotatable bonds is 5. The average Bonchev–Trinajstić information content (AvgIpc) is 1.99. The van der Waals surface area contributed by atoms with Crippen LogP contribution in [0, 0.1) is 0 Å². The Labute approximate surface area is 77.6 Å². The van der Waals surface area contributed by atoms with Gasteiger partial charge in [0.2, 0.25) is 0 Å². The van der Waals surface area contributed by atoms with E-state index in [-0.39, 0.29) is 0 Å². The zero-order valence-electron chi connectivity index (χ0n) is 7.69. The first kappa shape index (κ1) is 10.1. The highest BCUT2D eigenvalue weighted by atomic mass is 16.5. The highest BCUT2D eigenvalue weighted by Crippen LogP contribution is 2.22. The van der Waals surface area contributed by atoms with Crippen LogP contribution in [0.25, 0.3) is 0 Å². The van der Waals surface area contributed by atoms with Gasteiger partial charge < -0.3 is 15.2 Å². The first-order valence-electron chi connectivity index (χ1n) is 4.49. The third kappa shape index (κ3) is 3.46. The van der Waals surface area contributed by atoms with Gasteiger partial charge in [0.15, 0.2) is 0 Å². The van der Waals surface area contributed by atoms with E-state index >= 15 is 0 Å². The summed E-state index contributed by atoms with van der Waals surface area (Å²) < 4.78 is 5.36. The lowest BCUT2D eigenvalue weighted by Gasteiger charge is -2.34. The van der Waals surface area contributed by atoms with Crippen molar-refractivity contribution in [2.75, 3.05) is 6.61 Å². The molecule has 1 aliphatic carbocycles. The van der Waals surface area contributed by atoms with Gasteiger partial charge in [-0.3, -0.25) is 0 Å². The molecule has 74 valence electrons. The monoisotopic (exact) mass is 185 g/mol. The van der Waals surface area contributed by atoms with E-state index in [1.165, 1.54) is 6.20 Å². The molecule has 0 amide bonds. The van der Waals surface area contributed by atoms with E-state index in [0.29, 0.717) is 12.1 Å². The fourth-order valence-electron chi connectivity index (χ4n) is 1.33. The molecule has 0 aromatic heterocycles. The van der Waals surface area contributed by atoms with E-state index in [1.54, 1.807) is 0 Å². The second-order valence-electron chi connectivity index (χ2n) is 3.08. The normalized spacial score (nSPS) is 27.2. The van der Waals surface area contributed by atoms with Crippen LogP contribution in [0.15, 0.2) is 12.3 Å². The molecule has 0 atom stereocenters. The summed E-state index contributed by atoms with van der Waals surface area (Å²) in [5.41, 5.74) is 0. The highest BCUT2D eigenvalue weighted by molar-refractivity contribution is 5.79. The van der Waals surface area contributed by atoms with Crippen LogP contribution in [0.2, 0.25) is 0 Å². The lowest BCUT2D eigenvalue weighted by Crippen LogP contribution is -2.43. The minimum absolute atomic E-state index is 0.362. The largest absolute Gasteiger partial charge is 0.478 e. The second-order valence-corrected chi connectivity index (χ2v) is 3.08. The maximum absolute atomic E-state index is 10.1. The van der Waals surface area contributed by atoms with Crippen molar-refractivity contribution in [2.45, 2.75) is 31.9 Å². The van der Waals surface area contributed by atoms with Gasteiger partial charge in [-0.2, -0.15) is 0 Å². The number of aliphatic carboxylic acids is 1. The van der Waals surface area contributed by atoms with Crippen LogP contribution < -0.4 is 5.32 Å². The van der Waals surface area contributed by atoms with Gasteiger partial charge in [0, 0.05) is 24.9 Å². The number of carbonyl (C=O) groups is 1. The van der Waals surface area contributed by atoms with Crippen molar-refractivity contribution >= 4 is 5.97 Å². The van der Waals surface area contributed by atoms with Crippen LogP contribution in [-0.4, -0.2) is 29.8 Å². The van der Waals surface area contributed by atoms with Crippen LogP contribution in [-0.2, 0) is 9.53 Å². The van der Waals surface area contributed by atoms with Crippen LogP contribution in [0.5, 0.6) is 0 Å². The Balaban J connectivity index is 2.05. The summed E-state index contributed by atoms with van der Waals surface area (Å²) in [4.78, 5) is 10.1. The average molecular weight is 185 g/mol. The third-order valence-electron chi connectivity index (χ3n) is 2.06. The van der Waals surface area contributed by atoms with Crippen LogP contribution in [0.4, 0.5) is 0 Å². The fraction of sp³-hybridized carbons (Fsp3) is 0.667. The molecule has 1 saturated carbocycles. The van der Waals surface area contributed by atoms with Crippen molar-refractivity contribution in [3.05, 3.63) is 12.3 Å². The summed E-state index contributed by atoms with van der Waals surface area (Å²) >= 11 is 0. The smallest absolute Gasteiger partial charge is 0.329 e. The molecule has 13 heavy (non-hydrogen) atoms. The molecular formula is C9H15NO3. The minimum Gasteiger partial charge on any atom is -0.478 e. The van der Waals surface area contributed by atoms with Gasteiger partial charge in [-0.05, 0) is 19.8 Å². The first-order chi connectivity index (χ1) is 6.22. The van der Waals surface area contributed by atoms with Crippen molar-refractivity contribution in [1.82, 2.24) is 5.32 Å². The van der Waals surface area contributed by atoms with Crippen molar-refractivity contribution in [2.24, 2.45) is 0 Å². The van der Waals surface area contributed by atoms with Gasteiger partial charge in [0.05, 0.1) is 6.10 Å². The molecule has 0 heterocycles. The Kier molecular flexibility index (Phi) is 3.76. The van der Waals surface area contributed by atoms with Gasteiger partial charge in [-0.15, -0.1) is 0 Å². The molecule has 2 N–H and O–H groups in total. The number of carboxylic acids is 1. The summed E-state index contributed by atoms with van der Waals surface area (Å²) in [6.45, 7) is 2.73. The Morgan fingerprint density at radius 1 is 1.69 bits per heavy atom. The molecule has 1 fully saturated rings. The van der Waals surface area contributed by atoms with Crippen molar-refractivity contribution in [1.29, 1.82) is 0 Å². The molecule has 1 aliphatic rings. The quantitative estimate of drug-likeness (QED) is 0.620. The minimum atomic E-state index is -0.923. The molecule has 4 nitrogen and oxygen atoms in total. The van der Waals surface area contributed by atoms with Gasteiger partial charge in [-0.1, -0.05) is 0 Å². The molecule has 0 aromatic rings. The molecule has 0 aromatic carbocycles. The predicted molar refractivity (Wildman–Crippen MR) is 48.3 cm³/mol. The summed E-state index contributed by atoms with van der Waals surface area (Å²) in [5.74, 6) is -0.923. The molecule has 0 spiro atoms. The molecule has 0 bridgehead atoms. The van der Waals surface area contributed by atoms with E-state index in [9.17, 15) is 4.79 Å². The van der Waals surface area contributed by atoms with Gasteiger partial charge in [0.25, 0.3) is 0 Å². The van der Waals surface area contributed by atoms with Crippen LogP contribution >= 0.6 is 0 Å². The Hall–Kier alpha value is -1.03. The topological polar surface area (TPSA) is 58.6 Å². The van der Waals surface area contributed by atoms with E-state index in [0.717, 1.165) is 25.5 Å². The molecule has 0 radical (unpaired) electrons. The molecule has 0 saturated heterocycles. The number of hydrogen-bond acceptors (Lipinski definition) is 3. The summed E-state index contributed by atoms with van der Waals surface area (Å²) in [6.07, 6.45) is 4.89. The number of nitrogens with one attached hydrogen (secondary N) is 1. The third-order valence-corrected chi connectivity index (χ3v) is 2.06. The Bertz CT molecular complexity index is 197. The summed E-state index contributed by atoms with van der Waals surface area (Å²) in [7, 11) is 0. The maximum Gasteiger partial charge on any atom is 0.329 e. The van der Waals surface area contributed by atoms with Gasteiger partial charge >= 0.3 is 5.97 Å². The molecular weight excluding hydrogens is 170 g/mol. The van der Waals surface area contributed by atoms with E-state index in [4.69, 9.17) is 9.84 Å². The SMILES string of the molecule is CCOC1CC(N/C=C/C(=O)O)C1. The second kappa shape index (κ2) is 4.87. The Morgan fingerprint density at radius 2 is 2.38 bits per heavy atom. The molecule has 0 aliphatic heterocycles. The first-order valence-corrected chi connectivity index (χ1v) is 4.49. The standard InChI is InChI=1S/C9H15NO3/c1-2-13-8-5-7(6-8)10-4-3-9(11)12/h3-4,7-8,10H,2,5-6H2,1H3,(H,11,12)/b4-3+. The van der Waals surface area contributed by atoms with Crippen molar-refractivity contribution in [3.63, 3.8) is 0 Å².